The summed E-state index contributed by atoms with van der Waals surface area (Å²) >= 11 is 0. The van der Waals surface area contributed by atoms with Gasteiger partial charge in [-0.1, -0.05) is 39.0 Å². The first-order valence-corrected chi connectivity index (χ1v) is 6.20. The van der Waals surface area contributed by atoms with Crippen LogP contribution < -0.4 is 11.2 Å². The van der Waals surface area contributed by atoms with Crippen LogP contribution in [-0.2, 0) is 5.41 Å². The molecule has 0 radical (unpaired) electrons. The Bertz CT molecular complexity index is 801. The van der Waals surface area contributed by atoms with Crippen molar-refractivity contribution >= 4 is 0 Å². The third-order valence-electron chi connectivity index (χ3n) is 3.03. The lowest BCUT2D eigenvalue weighted by Crippen LogP contribution is -2.31. The Morgan fingerprint density at radius 2 is 1.85 bits per heavy atom. The van der Waals surface area contributed by atoms with Crippen molar-refractivity contribution < 1.29 is 0 Å². The Morgan fingerprint density at radius 1 is 1.20 bits per heavy atom. The molecule has 102 valence electrons. The third kappa shape index (κ3) is 2.41. The van der Waals surface area contributed by atoms with Gasteiger partial charge < -0.3 is 0 Å². The molecule has 5 heteroatoms. The molecule has 0 aliphatic carbocycles. The second-order valence-corrected chi connectivity index (χ2v) is 5.55. The van der Waals surface area contributed by atoms with Crippen molar-refractivity contribution in [2.75, 3.05) is 0 Å². The molecule has 0 bridgehead atoms. The molecule has 0 unspecified atom stereocenters. The summed E-state index contributed by atoms with van der Waals surface area (Å²) in [4.78, 5) is 25.6. The van der Waals surface area contributed by atoms with Crippen LogP contribution in [-0.4, -0.2) is 9.55 Å². The first-order valence-electron chi connectivity index (χ1n) is 6.20. The van der Waals surface area contributed by atoms with E-state index < -0.39 is 11.2 Å². The fourth-order valence-corrected chi connectivity index (χ4v) is 2.05. The van der Waals surface area contributed by atoms with E-state index in [0.29, 0.717) is 5.69 Å². The van der Waals surface area contributed by atoms with E-state index >= 15 is 0 Å². The maximum absolute atomic E-state index is 12.0. The first kappa shape index (κ1) is 13.8. The zero-order valence-corrected chi connectivity index (χ0v) is 11.6. The van der Waals surface area contributed by atoms with Gasteiger partial charge in [-0.25, -0.2) is 4.79 Å². The van der Waals surface area contributed by atoms with Crippen molar-refractivity contribution in [3.63, 3.8) is 0 Å². The minimum atomic E-state index is -0.665. The second-order valence-electron chi connectivity index (χ2n) is 5.55. The van der Waals surface area contributed by atoms with Crippen LogP contribution in [0, 0.1) is 11.3 Å². The van der Waals surface area contributed by atoms with Crippen LogP contribution in [0.15, 0.2) is 40.1 Å². The van der Waals surface area contributed by atoms with Crippen LogP contribution in [0.3, 0.4) is 0 Å². The van der Waals surface area contributed by atoms with Crippen LogP contribution >= 0.6 is 0 Å². The molecule has 0 fully saturated rings. The Morgan fingerprint density at radius 3 is 2.45 bits per heavy atom. The predicted octanol–water partition coefficient (Wildman–Crippen LogP) is 1.69. The minimum Gasteiger partial charge on any atom is -0.273 e. The van der Waals surface area contributed by atoms with Crippen molar-refractivity contribution in [1.82, 2.24) is 9.55 Å². The molecular weight excluding hydrogens is 254 g/mol. The number of aromatic nitrogens is 2. The molecule has 1 aromatic heterocycles. The molecule has 1 aromatic carbocycles. The van der Waals surface area contributed by atoms with E-state index in [-0.39, 0.29) is 11.0 Å². The average Bonchev–Trinajstić information content (AvgIpc) is 2.38. The van der Waals surface area contributed by atoms with Gasteiger partial charge in [0.2, 0.25) is 0 Å². The van der Waals surface area contributed by atoms with Gasteiger partial charge in [-0.05, 0) is 17.0 Å². The molecule has 1 heterocycles. The highest BCUT2D eigenvalue weighted by atomic mass is 16.2. The number of hydrogen-bond acceptors (Lipinski definition) is 3. The van der Waals surface area contributed by atoms with Crippen LogP contribution in [0.1, 0.15) is 31.9 Å². The molecule has 0 amide bonds. The molecule has 0 aliphatic heterocycles. The number of rotatable bonds is 1. The molecule has 0 spiro atoms. The monoisotopic (exact) mass is 269 g/mol. The molecule has 0 atom stereocenters. The Kier molecular flexibility index (Phi) is 3.33. The highest BCUT2D eigenvalue weighted by Gasteiger charge is 2.19. The van der Waals surface area contributed by atoms with Crippen molar-refractivity contribution in [3.8, 4) is 11.8 Å². The maximum Gasteiger partial charge on any atom is 0.332 e. The first-order chi connectivity index (χ1) is 9.34. The van der Waals surface area contributed by atoms with Gasteiger partial charge in [-0.15, -0.1) is 0 Å². The van der Waals surface area contributed by atoms with Gasteiger partial charge in [-0.3, -0.25) is 14.3 Å². The minimum absolute atomic E-state index is 0.0895. The molecule has 20 heavy (non-hydrogen) atoms. The normalized spacial score (nSPS) is 11.1. The molecular formula is C15H15N3O2. The molecule has 2 aromatic rings. The van der Waals surface area contributed by atoms with E-state index in [9.17, 15) is 9.59 Å². The largest absolute Gasteiger partial charge is 0.332 e. The van der Waals surface area contributed by atoms with E-state index in [0.717, 1.165) is 5.56 Å². The molecule has 2 rings (SSSR count). The Balaban J connectivity index is 2.80. The molecule has 0 saturated carbocycles. The van der Waals surface area contributed by atoms with Crippen molar-refractivity contribution in [2.24, 2.45) is 0 Å². The number of nitrogens with one attached hydrogen (secondary N) is 1. The lowest BCUT2D eigenvalue weighted by molar-refractivity contribution is 0.584. The van der Waals surface area contributed by atoms with Gasteiger partial charge >= 0.3 is 5.69 Å². The molecule has 5 nitrogen and oxygen atoms in total. The summed E-state index contributed by atoms with van der Waals surface area (Å²) in [5.41, 5.74) is 0.149. The van der Waals surface area contributed by atoms with Crippen molar-refractivity contribution in [1.29, 1.82) is 5.26 Å². The van der Waals surface area contributed by atoms with Crippen LogP contribution in [0.5, 0.6) is 0 Å². The average molecular weight is 269 g/mol. The summed E-state index contributed by atoms with van der Waals surface area (Å²) in [6.45, 7) is 6.11. The van der Waals surface area contributed by atoms with Gasteiger partial charge in [-0.2, -0.15) is 5.26 Å². The Labute approximate surface area is 116 Å². The molecule has 0 aliphatic rings. The highest BCUT2D eigenvalue weighted by molar-refractivity contribution is 5.45. The fourth-order valence-electron chi connectivity index (χ4n) is 2.05. The Hall–Kier alpha value is -2.61. The van der Waals surface area contributed by atoms with Crippen molar-refractivity contribution in [2.45, 2.75) is 26.2 Å². The number of H-pyrrole nitrogens is 1. The number of nitriles is 1. The van der Waals surface area contributed by atoms with E-state index in [1.165, 1.54) is 10.8 Å². The lowest BCUT2D eigenvalue weighted by atomic mass is 9.86. The van der Waals surface area contributed by atoms with Crippen LogP contribution in [0.4, 0.5) is 0 Å². The zero-order valence-electron chi connectivity index (χ0n) is 11.6. The summed E-state index contributed by atoms with van der Waals surface area (Å²) in [5, 5.41) is 8.92. The number of aromatic amines is 1. The maximum atomic E-state index is 12.0. The van der Waals surface area contributed by atoms with Gasteiger partial charge in [0.25, 0.3) is 5.56 Å². The van der Waals surface area contributed by atoms with E-state index in [1.807, 2.05) is 39.0 Å². The second kappa shape index (κ2) is 4.82. The van der Waals surface area contributed by atoms with Crippen LogP contribution in [0.25, 0.3) is 5.69 Å². The summed E-state index contributed by atoms with van der Waals surface area (Å²) in [7, 11) is 0. The smallest absolute Gasteiger partial charge is 0.273 e. The van der Waals surface area contributed by atoms with E-state index in [2.05, 4.69) is 4.98 Å². The van der Waals surface area contributed by atoms with E-state index in [4.69, 9.17) is 5.26 Å². The van der Waals surface area contributed by atoms with Gasteiger partial charge in [0.05, 0.1) is 5.69 Å². The number of benzene rings is 1. The third-order valence-corrected chi connectivity index (χ3v) is 3.03. The van der Waals surface area contributed by atoms with Gasteiger partial charge in [0.1, 0.15) is 11.6 Å². The SMILES string of the molecule is CC(C)(C)c1ccccc1-n1cc(C#N)c(=O)[nH]c1=O. The summed E-state index contributed by atoms with van der Waals surface area (Å²) < 4.78 is 1.31. The highest BCUT2D eigenvalue weighted by Crippen LogP contribution is 2.27. The number of hydrogen-bond donors (Lipinski definition) is 1. The summed E-state index contributed by atoms with van der Waals surface area (Å²) in [6.07, 6.45) is 1.28. The molecule has 1 N–H and O–H groups in total. The zero-order chi connectivity index (χ0) is 14.9. The molecule has 0 saturated heterocycles. The standard InChI is InChI=1S/C15H15N3O2/c1-15(2,3)11-6-4-5-7-12(11)18-9-10(8-16)13(19)17-14(18)20/h4-7,9H,1-3H3,(H,17,19,20). The fraction of sp³-hybridized carbons (Fsp3) is 0.267. The summed E-state index contributed by atoms with van der Waals surface area (Å²) in [5.74, 6) is 0. The number of nitrogens with zero attached hydrogens (tertiary/aromatic N) is 2. The van der Waals surface area contributed by atoms with Gasteiger partial charge in [0.15, 0.2) is 0 Å². The number of para-hydroxylation sites is 1. The predicted molar refractivity (Wildman–Crippen MR) is 76.1 cm³/mol. The summed E-state index contributed by atoms with van der Waals surface area (Å²) in [6, 6.07) is 9.22. The van der Waals surface area contributed by atoms with Gasteiger partial charge in [0, 0.05) is 6.20 Å². The van der Waals surface area contributed by atoms with Crippen LogP contribution in [0.2, 0.25) is 0 Å². The topological polar surface area (TPSA) is 78.7 Å². The lowest BCUT2D eigenvalue weighted by Gasteiger charge is -2.23. The van der Waals surface area contributed by atoms with Crippen molar-refractivity contribution in [3.05, 3.63) is 62.4 Å². The van der Waals surface area contributed by atoms with E-state index in [1.54, 1.807) is 12.1 Å². The quantitative estimate of drug-likeness (QED) is 0.855.